The van der Waals surface area contributed by atoms with Gasteiger partial charge in [-0.05, 0) is 129 Å². The van der Waals surface area contributed by atoms with E-state index in [9.17, 15) is 19.2 Å². The highest BCUT2D eigenvalue weighted by molar-refractivity contribution is 6.42. The Morgan fingerprint density at radius 2 is 1.07 bits per heavy atom. The zero-order valence-corrected chi connectivity index (χ0v) is 49.2. The van der Waals surface area contributed by atoms with Gasteiger partial charge in [0.05, 0.1) is 22.1 Å². The Morgan fingerprint density at radius 3 is 1.63 bits per heavy atom. The quantitative estimate of drug-likeness (QED) is 0.0529. The molecule has 5 atom stereocenters. The van der Waals surface area contributed by atoms with Gasteiger partial charge in [0.25, 0.3) is 11.8 Å². The van der Waals surface area contributed by atoms with Crippen LogP contribution in [0.15, 0.2) is 152 Å². The van der Waals surface area contributed by atoms with Crippen molar-refractivity contribution in [3.8, 4) is 0 Å². The predicted molar refractivity (Wildman–Crippen MR) is 330 cm³/mol. The maximum Gasteiger partial charge on any atom is 0.251 e. The molecule has 4 N–H and O–H groups in total. The largest absolute Gasteiger partial charge is 0.350 e. The molecule has 9 rings (SSSR count). The lowest BCUT2D eigenvalue weighted by atomic mass is 9.90. The summed E-state index contributed by atoms with van der Waals surface area (Å²) in [6.07, 6.45) is 7.78. The summed E-state index contributed by atoms with van der Waals surface area (Å²) >= 11 is 12.1. The Hall–Kier alpha value is -6.12. The number of fused-ring (bicyclic) bond motifs is 1. The van der Waals surface area contributed by atoms with E-state index >= 15 is 0 Å². The number of nitrogens with one attached hydrogen (secondary N) is 4. The first-order valence-corrected chi connectivity index (χ1v) is 30.4. The van der Waals surface area contributed by atoms with E-state index in [1.54, 1.807) is 18.2 Å². The molecule has 14 heteroatoms. The van der Waals surface area contributed by atoms with Crippen LogP contribution in [0.5, 0.6) is 0 Å². The number of amides is 4. The number of halogens is 2. The van der Waals surface area contributed by atoms with E-state index in [4.69, 9.17) is 23.2 Å². The fourth-order valence-corrected chi connectivity index (χ4v) is 12.0. The Morgan fingerprint density at radius 1 is 0.568 bits per heavy atom. The molecule has 0 saturated carbocycles. The maximum atomic E-state index is 14.1. The van der Waals surface area contributed by atoms with Gasteiger partial charge in [-0.3, -0.25) is 19.2 Å². The summed E-state index contributed by atoms with van der Waals surface area (Å²) in [5.74, 6) is 0.417. The first-order valence-electron chi connectivity index (χ1n) is 29.7. The summed E-state index contributed by atoms with van der Waals surface area (Å²) in [4.78, 5) is 62.8. The Bertz CT molecular complexity index is 2890. The van der Waals surface area contributed by atoms with Gasteiger partial charge in [-0.25, -0.2) is 0 Å². The Balaban J connectivity index is 0.000000214. The predicted octanol–water partition coefficient (Wildman–Crippen LogP) is 11.0. The SMILES string of the molecule is CCN(CC)CC[C@@H]1N[C@H](CNC(=O)c2ccc3ccccc3c2)CCN(CC(c2ccccc2)c2ccccc2)C1=O.CC[C@@H](CN1CC[C@@H](CNC(=O)c2ccc(Cl)c(Cl)c2)N[C@@H](CCN2CCCCC2)C1=O)c1ccccc1. The highest BCUT2D eigenvalue weighted by atomic mass is 35.5. The van der Waals surface area contributed by atoms with Gasteiger partial charge in [-0.2, -0.15) is 0 Å². The summed E-state index contributed by atoms with van der Waals surface area (Å²) < 4.78 is 0. The number of benzene rings is 6. The zero-order valence-electron chi connectivity index (χ0n) is 47.7. The van der Waals surface area contributed by atoms with Crippen LogP contribution in [0.25, 0.3) is 10.8 Å². The van der Waals surface area contributed by atoms with Crippen LogP contribution in [0.1, 0.15) is 121 Å². The van der Waals surface area contributed by atoms with Gasteiger partial charge in [0, 0.05) is 87.4 Å². The second-order valence-electron chi connectivity index (χ2n) is 22.0. The van der Waals surface area contributed by atoms with Crippen LogP contribution in [-0.4, -0.2) is 146 Å². The third-order valence-corrected chi connectivity index (χ3v) is 17.4. The fourth-order valence-electron chi connectivity index (χ4n) is 11.7. The molecule has 4 amide bonds. The van der Waals surface area contributed by atoms with Crippen LogP contribution in [-0.2, 0) is 9.59 Å². The number of carbonyl (C=O) groups excluding carboxylic acids is 4. The van der Waals surface area contributed by atoms with Crippen molar-refractivity contribution in [2.24, 2.45) is 0 Å². The van der Waals surface area contributed by atoms with E-state index in [0.717, 1.165) is 82.1 Å². The molecule has 0 unspecified atom stereocenters. The van der Waals surface area contributed by atoms with Gasteiger partial charge in [0.15, 0.2) is 0 Å². The van der Waals surface area contributed by atoms with Gasteiger partial charge < -0.3 is 40.9 Å². The summed E-state index contributed by atoms with van der Waals surface area (Å²) in [6.45, 7) is 15.9. The molecule has 0 radical (unpaired) electrons. The van der Waals surface area contributed by atoms with Crippen molar-refractivity contribution < 1.29 is 19.2 Å². The molecule has 0 aromatic heterocycles. The van der Waals surface area contributed by atoms with E-state index < -0.39 is 0 Å². The molecule has 0 spiro atoms. The van der Waals surface area contributed by atoms with E-state index in [2.05, 4.69) is 134 Å². The summed E-state index contributed by atoms with van der Waals surface area (Å²) in [5.41, 5.74) is 4.81. The van der Waals surface area contributed by atoms with E-state index in [0.29, 0.717) is 66.4 Å². The lowest BCUT2D eigenvalue weighted by Gasteiger charge is -2.31. The third kappa shape index (κ3) is 17.7. The topological polar surface area (TPSA) is 129 Å². The second-order valence-corrected chi connectivity index (χ2v) is 22.8. The van der Waals surface area contributed by atoms with Crippen molar-refractivity contribution in [2.75, 3.05) is 78.5 Å². The van der Waals surface area contributed by atoms with Crippen LogP contribution in [0.4, 0.5) is 0 Å². The van der Waals surface area contributed by atoms with Crippen molar-refractivity contribution in [3.05, 3.63) is 190 Å². The van der Waals surface area contributed by atoms with Crippen molar-refractivity contribution in [1.29, 1.82) is 0 Å². The van der Waals surface area contributed by atoms with Gasteiger partial charge in [-0.1, -0.05) is 172 Å². The number of hydrogen-bond donors (Lipinski definition) is 4. The minimum absolute atomic E-state index is 0.00108. The summed E-state index contributed by atoms with van der Waals surface area (Å²) in [5, 5.41) is 16.4. The normalized spacial score (nSPS) is 19.4. The molecule has 3 aliphatic heterocycles. The fraction of sp³-hybridized carbons (Fsp3) is 0.433. The van der Waals surface area contributed by atoms with E-state index in [1.807, 2.05) is 60.7 Å². The van der Waals surface area contributed by atoms with Crippen LogP contribution in [0, 0.1) is 0 Å². The van der Waals surface area contributed by atoms with E-state index in [1.165, 1.54) is 36.0 Å². The average Bonchev–Trinajstić information content (AvgIpc) is 3.79. The minimum atomic E-state index is -0.308. The molecule has 3 aliphatic rings. The molecule has 3 heterocycles. The number of hydrogen-bond acceptors (Lipinski definition) is 8. The van der Waals surface area contributed by atoms with Crippen LogP contribution in [0.3, 0.4) is 0 Å². The number of nitrogens with zero attached hydrogens (tertiary/aromatic N) is 4. The second kappa shape index (κ2) is 31.4. The summed E-state index contributed by atoms with van der Waals surface area (Å²) in [6, 6.07) is 49.6. The smallest absolute Gasteiger partial charge is 0.251 e. The lowest BCUT2D eigenvalue weighted by Crippen LogP contribution is -2.50. The third-order valence-electron chi connectivity index (χ3n) is 16.6. The van der Waals surface area contributed by atoms with Crippen molar-refractivity contribution >= 4 is 57.6 Å². The molecule has 6 aromatic rings. The Kier molecular flexibility index (Phi) is 23.6. The lowest BCUT2D eigenvalue weighted by molar-refractivity contribution is -0.134. The molecule has 6 aromatic carbocycles. The van der Waals surface area contributed by atoms with E-state index in [-0.39, 0.29) is 53.7 Å². The first kappa shape index (κ1) is 61.0. The molecule has 12 nitrogen and oxygen atoms in total. The molecule has 0 bridgehead atoms. The summed E-state index contributed by atoms with van der Waals surface area (Å²) in [7, 11) is 0. The molecule has 3 saturated heterocycles. The molecule has 81 heavy (non-hydrogen) atoms. The first-order chi connectivity index (χ1) is 39.5. The van der Waals surface area contributed by atoms with Gasteiger partial charge in [0.2, 0.25) is 11.8 Å². The zero-order chi connectivity index (χ0) is 56.9. The highest BCUT2D eigenvalue weighted by Gasteiger charge is 2.35. The van der Waals surface area contributed by atoms with Crippen LogP contribution in [0.2, 0.25) is 10.0 Å². The van der Waals surface area contributed by atoms with Crippen molar-refractivity contribution in [1.82, 2.24) is 40.9 Å². The molecule has 3 fully saturated rings. The highest BCUT2D eigenvalue weighted by Crippen LogP contribution is 2.28. The molecule has 0 aliphatic carbocycles. The number of rotatable bonds is 22. The monoisotopic (exact) mass is 1130 g/mol. The van der Waals surface area contributed by atoms with Gasteiger partial charge in [0.1, 0.15) is 0 Å². The van der Waals surface area contributed by atoms with Crippen molar-refractivity contribution in [2.45, 2.75) is 108 Å². The van der Waals surface area contributed by atoms with Crippen molar-refractivity contribution in [3.63, 3.8) is 0 Å². The van der Waals surface area contributed by atoms with Crippen LogP contribution >= 0.6 is 23.2 Å². The van der Waals surface area contributed by atoms with Crippen LogP contribution < -0.4 is 21.3 Å². The molecular formula is C67H84Cl2N8O4. The van der Waals surface area contributed by atoms with Gasteiger partial charge >= 0.3 is 0 Å². The minimum Gasteiger partial charge on any atom is -0.350 e. The Labute approximate surface area is 491 Å². The van der Waals surface area contributed by atoms with Gasteiger partial charge in [-0.15, -0.1) is 0 Å². The standard InChI is InChI=1S/C37H44N4O2.C30H40Cl2N4O2/c1-3-40(4-2)23-22-35-37(43)41(27-34(29-14-7-5-8-15-29)30-16-9-6-10-17-30)24-21-33(39-35)26-38-36(42)32-20-19-28-13-11-12-18-31(28)25-32;1-2-22(23-9-5-3-6-10-23)21-36-18-13-25(20-33-29(37)24-11-12-26(31)27(32)19-24)34-28(30(36)38)14-17-35-15-7-4-8-16-35/h5-20,25,33-35,39H,3-4,21-24,26-27H2,1-2H3,(H,38,42);3,5-6,9-12,19,22,25,28,34H,2,4,7-8,13-18,20-21H2,1H3,(H,33,37)/t33-,35-;22-,25-,28-/m00/s1. The number of piperidine rings is 1. The number of likely N-dealkylation sites (tertiary alicyclic amines) is 1. The molecular weight excluding hydrogens is 1050 g/mol. The molecule has 430 valence electrons. The maximum absolute atomic E-state index is 14.1. The number of carbonyl (C=O) groups is 4. The average molecular weight is 1140 g/mol.